The Balaban J connectivity index is 1.78. The summed E-state index contributed by atoms with van der Waals surface area (Å²) in [5.74, 6) is 1.54. The molecule has 1 aliphatic heterocycles. The first-order valence-corrected chi connectivity index (χ1v) is 9.70. The van der Waals surface area contributed by atoms with Gasteiger partial charge in [0, 0.05) is 17.1 Å². The van der Waals surface area contributed by atoms with Crippen LogP contribution in [0.15, 0.2) is 42.5 Å². The fourth-order valence-electron chi connectivity index (χ4n) is 2.64. The summed E-state index contributed by atoms with van der Waals surface area (Å²) in [6.45, 7) is 1.79. The highest BCUT2D eigenvalue weighted by molar-refractivity contribution is 8.19. The van der Waals surface area contributed by atoms with Crippen LogP contribution in [0.4, 0.5) is 5.69 Å². The van der Waals surface area contributed by atoms with Gasteiger partial charge in [0.1, 0.15) is 0 Å². The van der Waals surface area contributed by atoms with Crippen molar-refractivity contribution < 1.29 is 9.59 Å². The first kappa shape index (κ1) is 16.9. The quantitative estimate of drug-likeness (QED) is 0.871. The predicted octanol–water partition coefficient (Wildman–Crippen LogP) is 3.82. The predicted molar refractivity (Wildman–Crippen MR) is 102 cm³/mol. The third-order valence-corrected chi connectivity index (χ3v) is 6.94. The highest BCUT2D eigenvalue weighted by Gasteiger charge is 2.19. The van der Waals surface area contributed by atoms with Crippen molar-refractivity contribution in [1.29, 1.82) is 0 Å². The molecule has 24 heavy (non-hydrogen) atoms. The summed E-state index contributed by atoms with van der Waals surface area (Å²) in [7, 11) is 0. The first-order chi connectivity index (χ1) is 11.6. The molecular formula is C18H18N2O2S2. The molecule has 1 fully saturated rings. The van der Waals surface area contributed by atoms with Crippen LogP contribution in [0, 0.1) is 6.92 Å². The van der Waals surface area contributed by atoms with Crippen LogP contribution in [-0.4, -0.2) is 23.3 Å². The number of rotatable bonds is 4. The van der Waals surface area contributed by atoms with Crippen LogP contribution in [0.25, 0.3) is 0 Å². The zero-order chi connectivity index (χ0) is 17.1. The maximum absolute atomic E-state index is 12.5. The van der Waals surface area contributed by atoms with Crippen molar-refractivity contribution in [3.63, 3.8) is 0 Å². The Hall–Kier alpha value is -1.92. The maximum atomic E-state index is 12.5. The van der Waals surface area contributed by atoms with E-state index in [9.17, 15) is 9.59 Å². The van der Waals surface area contributed by atoms with Crippen molar-refractivity contribution in [2.24, 2.45) is 5.73 Å². The Labute approximate surface area is 149 Å². The molecule has 0 bridgehead atoms. The third-order valence-electron chi connectivity index (χ3n) is 3.83. The molecule has 0 unspecified atom stereocenters. The summed E-state index contributed by atoms with van der Waals surface area (Å²) in [4.78, 5) is 24.1. The second kappa shape index (κ2) is 7.32. The smallest absolute Gasteiger partial charge is 0.255 e. The molecule has 6 heteroatoms. The van der Waals surface area contributed by atoms with Gasteiger partial charge < -0.3 is 11.1 Å². The van der Waals surface area contributed by atoms with Gasteiger partial charge in [0.05, 0.1) is 15.8 Å². The highest BCUT2D eigenvalue weighted by Crippen LogP contribution is 2.45. The average molecular weight is 358 g/mol. The summed E-state index contributed by atoms with van der Waals surface area (Å²) in [5.41, 5.74) is 8.75. The molecule has 0 radical (unpaired) electrons. The van der Waals surface area contributed by atoms with Gasteiger partial charge in [-0.25, -0.2) is 0 Å². The number of nitrogens with two attached hydrogens (primary N) is 1. The number of benzene rings is 2. The lowest BCUT2D eigenvalue weighted by atomic mass is 10.1. The van der Waals surface area contributed by atoms with Gasteiger partial charge in [-0.3, -0.25) is 9.59 Å². The molecule has 1 heterocycles. The Morgan fingerprint density at radius 1 is 1.08 bits per heavy atom. The number of hydrogen-bond donors (Lipinski definition) is 2. The van der Waals surface area contributed by atoms with Crippen molar-refractivity contribution >= 4 is 41.0 Å². The maximum Gasteiger partial charge on any atom is 0.255 e. The van der Waals surface area contributed by atoms with Crippen molar-refractivity contribution in [3.8, 4) is 0 Å². The van der Waals surface area contributed by atoms with Gasteiger partial charge in [0.15, 0.2) is 0 Å². The van der Waals surface area contributed by atoms with Crippen LogP contribution in [0.5, 0.6) is 0 Å². The topological polar surface area (TPSA) is 72.2 Å². The van der Waals surface area contributed by atoms with E-state index in [1.807, 2.05) is 47.8 Å². The average Bonchev–Trinajstić information content (AvgIpc) is 3.09. The van der Waals surface area contributed by atoms with Gasteiger partial charge in [0.25, 0.3) is 11.8 Å². The molecule has 2 aromatic rings. The normalized spacial score (nSPS) is 14.5. The SMILES string of the molecule is Cc1cccc(NC(=O)c2ccc(C3SCCS3)cc2)c1C(N)=O. The summed E-state index contributed by atoms with van der Waals surface area (Å²) >= 11 is 3.86. The highest BCUT2D eigenvalue weighted by atomic mass is 32.2. The lowest BCUT2D eigenvalue weighted by Gasteiger charge is -2.12. The Morgan fingerprint density at radius 3 is 2.38 bits per heavy atom. The molecule has 2 amide bonds. The van der Waals surface area contributed by atoms with Crippen LogP contribution in [0.1, 0.15) is 36.4 Å². The number of aryl methyl sites for hydroxylation is 1. The lowest BCUT2D eigenvalue weighted by Crippen LogP contribution is -2.19. The molecule has 0 aromatic heterocycles. The number of primary amides is 1. The van der Waals surface area contributed by atoms with Gasteiger partial charge in [-0.15, -0.1) is 23.5 Å². The molecule has 3 rings (SSSR count). The van der Waals surface area contributed by atoms with Gasteiger partial charge in [-0.2, -0.15) is 0 Å². The second-order valence-electron chi connectivity index (χ2n) is 5.51. The number of amides is 2. The minimum absolute atomic E-state index is 0.249. The van der Waals surface area contributed by atoms with Gasteiger partial charge in [-0.1, -0.05) is 24.3 Å². The van der Waals surface area contributed by atoms with E-state index >= 15 is 0 Å². The zero-order valence-corrected chi connectivity index (χ0v) is 14.9. The zero-order valence-electron chi connectivity index (χ0n) is 13.2. The first-order valence-electron chi connectivity index (χ1n) is 7.60. The van der Waals surface area contributed by atoms with E-state index in [-0.39, 0.29) is 5.91 Å². The van der Waals surface area contributed by atoms with Crippen LogP contribution in [0.2, 0.25) is 0 Å². The molecule has 1 aliphatic rings. The van der Waals surface area contributed by atoms with E-state index in [0.717, 1.165) is 5.56 Å². The van der Waals surface area contributed by atoms with E-state index in [1.54, 1.807) is 25.1 Å². The van der Waals surface area contributed by atoms with Crippen LogP contribution in [0.3, 0.4) is 0 Å². The minimum atomic E-state index is -0.547. The molecule has 2 aromatic carbocycles. The molecule has 4 nitrogen and oxygen atoms in total. The van der Waals surface area contributed by atoms with E-state index in [2.05, 4.69) is 5.32 Å². The van der Waals surface area contributed by atoms with E-state index < -0.39 is 5.91 Å². The Morgan fingerprint density at radius 2 is 1.75 bits per heavy atom. The number of carbonyl (C=O) groups is 2. The second-order valence-corrected chi connectivity index (χ2v) is 8.24. The number of thioether (sulfide) groups is 2. The van der Waals surface area contributed by atoms with Crippen LogP contribution >= 0.6 is 23.5 Å². The van der Waals surface area contributed by atoms with Crippen molar-refractivity contribution in [1.82, 2.24) is 0 Å². The molecule has 0 saturated carbocycles. The standard InChI is InChI=1S/C18H18N2O2S2/c1-11-3-2-4-14(15(11)16(19)21)20-17(22)12-5-7-13(8-6-12)18-23-9-10-24-18/h2-8,18H,9-10H2,1H3,(H2,19,21)(H,20,22). The van der Waals surface area contributed by atoms with Crippen molar-refractivity contribution in [2.45, 2.75) is 11.5 Å². The molecule has 0 spiro atoms. The van der Waals surface area contributed by atoms with Crippen molar-refractivity contribution in [3.05, 3.63) is 64.7 Å². The van der Waals surface area contributed by atoms with Crippen LogP contribution < -0.4 is 11.1 Å². The van der Waals surface area contributed by atoms with E-state index in [1.165, 1.54) is 17.1 Å². The summed E-state index contributed by atoms with van der Waals surface area (Å²) in [5, 5.41) is 2.79. The van der Waals surface area contributed by atoms with Gasteiger partial charge in [0.2, 0.25) is 0 Å². The molecule has 0 aliphatic carbocycles. The summed E-state index contributed by atoms with van der Waals surface area (Å²) < 4.78 is 0.459. The molecule has 0 atom stereocenters. The fraction of sp³-hybridized carbons (Fsp3) is 0.222. The molecule has 3 N–H and O–H groups in total. The van der Waals surface area contributed by atoms with E-state index in [0.29, 0.717) is 21.4 Å². The number of hydrogen-bond acceptors (Lipinski definition) is 4. The monoisotopic (exact) mass is 358 g/mol. The Kier molecular flexibility index (Phi) is 5.16. The lowest BCUT2D eigenvalue weighted by molar-refractivity contribution is 0.100. The molecule has 1 saturated heterocycles. The van der Waals surface area contributed by atoms with Crippen LogP contribution in [-0.2, 0) is 0 Å². The number of anilines is 1. The largest absolute Gasteiger partial charge is 0.366 e. The molecule has 124 valence electrons. The third kappa shape index (κ3) is 3.60. The van der Waals surface area contributed by atoms with E-state index in [4.69, 9.17) is 5.73 Å². The van der Waals surface area contributed by atoms with Gasteiger partial charge >= 0.3 is 0 Å². The Bertz CT molecular complexity index is 769. The van der Waals surface area contributed by atoms with Crippen molar-refractivity contribution in [2.75, 3.05) is 16.8 Å². The summed E-state index contributed by atoms with van der Waals surface area (Å²) in [6.07, 6.45) is 0. The fourth-order valence-corrected chi connectivity index (χ4v) is 5.50. The number of nitrogens with one attached hydrogen (secondary N) is 1. The summed E-state index contributed by atoms with van der Waals surface area (Å²) in [6, 6.07) is 12.9. The van der Waals surface area contributed by atoms with Gasteiger partial charge in [-0.05, 0) is 36.2 Å². The molecular weight excluding hydrogens is 340 g/mol. The number of carbonyl (C=O) groups excluding carboxylic acids is 2. The minimum Gasteiger partial charge on any atom is -0.366 e.